The molecule has 1 aliphatic heterocycles. The molecule has 1 aliphatic carbocycles. The van der Waals surface area contributed by atoms with Crippen molar-refractivity contribution in [2.75, 3.05) is 13.1 Å². The number of nitrogens with one attached hydrogen (secondary N) is 1. The second kappa shape index (κ2) is 4.78. The summed E-state index contributed by atoms with van der Waals surface area (Å²) in [7, 11) is 0. The Morgan fingerprint density at radius 3 is 2.56 bits per heavy atom. The Hall–Kier alpha value is -1.26. The van der Waals surface area contributed by atoms with Crippen LogP contribution in [-0.2, 0) is 4.79 Å². The highest BCUT2D eigenvalue weighted by Crippen LogP contribution is 2.55. The van der Waals surface area contributed by atoms with Gasteiger partial charge >= 0.3 is 12.0 Å². The zero-order chi connectivity index (χ0) is 13.3. The third-order valence-corrected chi connectivity index (χ3v) is 4.31. The van der Waals surface area contributed by atoms with Gasteiger partial charge in [-0.3, -0.25) is 4.79 Å². The number of urea groups is 1. The average Bonchev–Trinajstić information content (AvgIpc) is 2.11. The summed E-state index contributed by atoms with van der Waals surface area (Å²) in [6, 6.07) is 0.226. The molecule has 2 aliphatic rings. The summed E-state index contributed by atoms with van der Waals surface area (Å²) in [5.74, 6) is -0.418. The number of amides is 2. The van der Waals surface area contributed by atoms with Crippen LogP contribution < -0.4 is 5.32 Å². The van der Waals surface area contributed by atoms with Crippen molar-refractivity contribution in [3.63, 3.8) is 0 Å². The number of nitrogens with zero attached hydrogens (tertiary/aromatic N) is 1. The molecule has 2 amide bonds. The molecule has 1 atom stereocenters. The highest BCUT2D eigenvalue weighted by atomic mass is 16.4. The molecular formula is C13H22N2O3. The van der Waals surface area contributed by atoms with Gasteiger partial charge in [0.05, 0.1) is 6.42 Å². The minimum Gasteiger partial charge on any atom is -0.481 e. The van der Waals surface area contributed by atoms with Crippen LogP contribution >= 0.6 is 0 Å². The first-order chi connectivity index (χ1) is 8.46. The van der Waals surface area contributed by atoms with Gasteiger partial charge < -0.3 is 15.3 Å². The summed E-state index contributed by atoms with van der Waals surface area (Å²) in [6.45, 7) is 5.36. The lowest BCUT2D eigenvalue weighted by atomic mass is 9.55. The minimum absolute atomic E-state index is 0.0168. The van der Waals surface area contributed by atoms with Crippen molar-refractivity contribution in [2.24, 2.45) is 11.3 Å². The Labute approximate surface area is 108 Å². The number of carbonyl (C=O) groups is 2. The van der Waals surface area contributed by atoms with Crippen LogP contribution in [0, 0.1) is 11.3 Å². The summed E-state index contributed by atoms with van der Waals surface area (Å²) in [6.07, 6.45) is 3.72. The monoisotopic (exact) mass is 254 g/mol. The topological polar surface area (TPSA) is 69.6 Å². The number of rotatable bonds is 4. The van der Waals surface area contributed by atoms with Crippen molar-refractivity contribution in [1.82, 2.24) is 10.2 Å². The number of hydrogen-bond acceptors (Lipinski definition) is 2. The fourth-order valence-electron chi connectivity index (χ4n) is 3.48. The molecule has 2 fully saturated rings. The maximum absolute atomic E-state index is 12.0. The van der Waals surface area contributed by atoms with Crippen LogP contribution in [0.1, 0.15) is 39.5 Å². The number of aliphatic carboxylic acids is 1. The molecule has 1 saturated heterocycles. The van der Waals surface area contributed by atoms with E-state index in [-0.39, 0.29) is 19.0 Å². The molecular weight excluding hydrogens is 232 g/mol. The van der Waals surface area contributed by atoms with Gasteiger partial charge in [0.15, 0.2) is 0 Å². The molecule has 18 heavy (non-hydrogen) atoms. The van der Waals surface area contributed by atoms with Gasteiger partial charge in [0, 0.05) is 24.5 Å². The molecule has 5 heteroatoms. The highest BCUT2D eigenvalue weighted by Gasteiger charge is 2.58. The lowest BCUT2D eigenvalue weighted by molar-refractivity contribution is -0.136. The molecule has 2 rings (SSSR count). The van der Waals surface area contributed by atoms with E-state index in [2.05, 4.69) is 19.2 Å². The SMILES string of the molecule is CC(C)C1N(C(=O)NCCC(=O)O)CC12CCC2. The number of carbonyl (C=O) groups excluding carboxylic acids is 1. The maximum atomic E-state index is 12.0. The van der Waals surface area contributed by atoms with Crippen molar-refractivity contribution in [3.05, 3.63) is 0 Å². The van der Waals surface area contributed by atoms with Gasteiger partial charge in [-0.1, -0.05) is 20.3 Å². The second-order valence-electron chi connectivity index (χ2n) is 5.91. The smallest absolute Gasteiger partial charge is 0.317 e. The van der Waals surface area contributed by atoms with Gasteiger partial charge in [0.2, 0.25) is 0 Å². The summed E-state index contributed by atoms with van der Waals surface area (Å²) in [5, 5.41) is 11.2. The van der Waals surface area contributed by atoms with Crippen LogP contribution in [0.2, 0.25) is 0 Å². The molecule has 0 aromatic carbocycles. The number of carboxylic acids is 1. The fraction of sp³-hybridized carbons (Fsp3) is 0.846. The molecule has 2 N–H and O–H groups in total. The van der Waals surface area contributed by atoms with E-state index in [1.165, 1.54) is 19.3 Å². The van der Waals surface area contributed by atoms with Crippen LogP contribution in [0.25, 0.3) is 0 Å². The molecule has 1 spiro atoms. The Morgan fingerprint density at radius 2 is 2.11 bits per heavy atom. The molecule has 102 valence electrons. The minimum atomic E-state index is -0.880. The van der Waals surface area contributed by atoms with Gasteiger partial charge in [-0.2, -0.15) is 0 Å². The van der Waals surface area contributed by atoms with Crippen LogP contribution in [-0.4, -0.2) is 41.1 Å². The first-order valence-electron chi connectivity index (χ1n) is 6.72. The normalized spacial score (nSPS) is 24.6. The first-order valence-corrected chi connectivity index (χ1v) is 6.72. The Bertz CT molecular complexity index is 350. The predicted octanol–water partition coefficient (Wildman–Crippen LogP) is 1.68. The first kappa shape index (κ1) is 13.2. The quantitative estimate of drug-likeness (QED) is 0.802. The van der Waals surface area contributed by atoms with E-state index in [0.717, 1.165) is 6.54 Å². The van der Waals surface area contributed by atoms with Crippen LogP contribution in [0.3, 0.4) is 0 Å². The van der Waals surface area contributed by atoms with E-state index >= 15 is 0 Å². The molecule has 0 aromatic heterocycles. The predicted molar refractivity (Wildman–Crippen MR) is 67.3 cm³/mol. The van der Waals surface area contributed by atoms with Gasteiger partial charge in [-0.05, 0) is 18.8 Å². The molecule has 0 bridgehead atoms. The largest absolute Gasteiger partial charge is 0.481 e. The Morgan fingerprint density at radius 1 is 1.44 bits per heavy atom. The molecule has 1 heterocycles. The Kier molecular flexibility index (Phi) is 3.50. The van der Waals surface area contributed by atoms with E-state index in [9.17, 15) is 9.59 Å². The summed E-state index contributed by atoms with van der Waals surface area (Å²) in [4.78, 5) is 24.3. The van der Waals surface area contributed by atoms with Crippen molar-refractivity contribution in [3.8, 4) is 0 Å². The van der Waals surface area contributed by atoms with Crippen molar-refractivity contribution >= 4 is 12.0 Å². The number of hydrogen-bond donors (Lipinski definition) is 2. The second-order valence-corrected chi connectivity index (χ2v) is 5.91. The zero-order valence-corrected chi connectivity index (χ0v) is 11.1. The van der Waals surface area contributed by atoms with E-state index in [4.69, 9.17) is 5.11 Å². The van der Waals surface area contributed by atoms with Gasteiger partial charge in [0.25, 0.3) is 0 Å². The zero-order valence-electron chi connectivity index (χ0n) is 11.1. The van der Waals surface area contributed by atoms with Crippen molar-refractivity contribution in [2.45, 2.75) is 45.6 Å². The molecule has 1 saturated carbocycles. The van der Waals surface area contributed by atoms with Gasteiger partial charge in [0.1, 0.15) is 0 Å². The van der Waals surface area contributed by atoms with Crippen LogP contribution in [0.4, 0.5) is 4.79 Å². The van der Waals surface area contributed by atoms with Crippen LogP contribution in [0.5, 0.6) is 0 Å². The van der Waals surface area contributed by atoms with Gasteiger partial charge in [-0.25, -0.2) is 4.79 Å². The Balaban J connectivity index is 1.85. The van der Waals surface area contributed by atoms with Crippen molar-refractivity contribution in [1.29, 1.82) is 0 Å². The van der Waals surface area contributed by atoms with E-state index in [0.29, 0.717) is 17.4 Å². The lowest BCUT2D eigenvalue weighted by Gasteiger charge is -2.63. The van der Waals surface area contributed by atoms with Crippen LogP contribution in [0.15, 0.2) is 0 Å². The molecule has 5 nitrogen and oxygen atoms in total. The highest BCUT2D eigenvalue weighted by molar-refractivity contribution is 5.77. The van der Waals surface area contributed by atoms with E-state index < -0.39 is 5.97 Å². The third-order valence-electron chi connectivity index (χ3n) is 4.31. The third kappa shape index (κ3) is 2.18. The van der Waals surface area contributed by atoms with E-state index in [1.807, 2.05) is 4.90 Å². The molecule has 1 unspecified atom stereocenters. The standard InChI is InChI=1S/C13H22N2O3/c1-9(2)11-13(5-3-6-13)8-15(11)12(18)14-7-4-10(16)17/h9,11H,3-8H2,1-2H3,(H,14,18)(H,16,17). The summed E-state index contributed by atoms with van der Waals surface area (Å²) >= 11 is 0. The maximum Gasteiger partial charge on any atom is 0.317 e. The average molecular weight is 254 g/mol. The number of likely N-dealkylation sites (tertiary alicyclic amines) is 1. The summed E-state index contributed by atoms with van der Waals surface area (Å²) < 4.78 is 0. The molecule has 0 aromatic rings. The molecule has 0 radical (unpaired) electrons. The van der Waals surface area contributed by atoms with Gasteiger partial charge in [-0.15, -0.1) is 0 Å². The summed E-state index contributed by atoms with van der Waals surface area (Å²) in [5.41, 5.74) is 0.373. The number of carboxylic acid groups (broad SMARTS) is 1. The van der Waals surface area contributed by atoms with E-state index in [1.54, 1.807) is 0 Å². The lowest BCUT2D eigenvalue weighted by Crippen LogP contribution is -2.72. The fourth-order valence-corrected chi connectivity index (χ4v) is 3.48. The van der Waals surface area contributed by atoms with Crippen molar-refractivity contribution < 1.29 is 14.7 Å².